The van der Waals surface area contributed by atoms with Crippen LogP contribution < -0.4 is 0 Å². The number of piperidine rings is 2. The van der Waals surface area contributed by atoms with Crippen molar-refractivity contribution in [2.24, 2.45) is 0 Å². The molecule has 61 heavy (non-hydrogen) atoms. The molecule has 2 fully saturated rings. The molecule has 1 radical (unpaired) electrons. The average Bonchev–Trinajstić information content (AvgIpc) is 3.74. The Hall–Kier alpha value is -6.26. The van der Waals surface area contributed by atoms with Crippen LogP contribution in [0.4, 0.5) is 9.59 Å². The van der Waals surface area contributed by atoms with Crippen molar-refractivity contribution in [1.82, 2.24) is 9.80 Å². The summed E-state index contributed by atoms with van der Waals surface area (Å²) >= 11 is 0. The van der Waals surface area contributed by atoms with Crippen LogP contribution in [0.1, 0.15) is 59.8 Å². The molecule has 0 aromatic heterocycles. The Labute approximate surface area is 360 Å². The van der Waals surface area contributed by atoms with E-state index in [1.54, 1.807) is 0 Å². The van der Waals surface area contributed by atoms with Gasteiger partial charge in [-0.2, -0.15) is 0 Å². The molecule has 4 aliphatic rings. The number of nitrogens with one attached hydrogen (secondary N) is 2. The van der Waals surface area contributed by atoms with Gasteiger partial charge in [0.2, 0.25) is 0 Å². The Morgan fingerprint density at radius 3 is 1.07 bits per heavy atom. The van der Waals surface area contributed by atoms with Crippen LogP contribution in [-0.4, -0.2) is 116 Å². The molecule has 4 unspecified atom stereocenters. The number of carboxylic acids is 4. The third-order valence-corrected chi connectivity index (χ3v) is 11.9. The van der Waals surface area contributed by atoms with E-state index in [1.165, 1.54) is 0 Å². The van der Waals surface area contributed by atoms with Gasteiger partial charge in [-0.25, -0.2) is 19.2 Å². The second kappa shape index (κ2) is 17.8. The standard InChI is InChI=1S/2C22H21N2O6.Cu/c2*23-22(20(27)28)10-9-18(19(25)26)24(12-22)21(29)30-11-17-15-7-3-1-5-13(15)14-6-2-4-8-16(14)17;/h2*1-8,17-18,23H,9-12H2,(H,25,26)(H,27,28);/q2*-1;+2. The Bertz CT molecular complexity index is 2120. The molecule has 16 nitrogen and oxygen atoms in total. The number of likely N-dealkylation sites (tertiary alicyclic amines) is 2. The van der Waals surface area contributed by atoms with Crippen LogP contribution in [0.5, 0.6) is 0 Å². The second-order valence-corrected chi connectivity index (χ2v) is 15.4. The van der Waals surface area contributed by atoms with Crippen LogP contribution in [0.25, 0.3) is 33.7 Å². The minimum atomic E-state index is -1.95. The van der Waals surface area contributed by atoms with E-state index in [1.807, 2.05) is 97.1 Å². The summed E-state index contributed by atoms with van der Waals surface area (Å²) in [6, 6.07) is 28.8. The zero-order chi connectivity index (χ0) is 42.9. The predicted octanol–water partition coefficient (Wildman–Crippen LogP) is 6.72. The van der Waals surface area contributed by atoms with Crippen LogP contribution in [0.3, 0.4) is 0 Å². The van der Waals surface area contributed by atoms with Gasteiger partial charge in [0, 0.05) is 24.9 Å². The molecule has 2 saturated heterocycles. The molecule has 0 saturated carbocycles. The summed E-state index contributed by atoms with van der Waals surface area (Å²) in [6.07, 6.45) is -2.35. The molecule has 2 heterocycles. The van der Waals surface area contributed by atoms with Crippen LogP contribution in [0.2, 0.25) is 0 Å². The van der Waals surface area contributed by atoms with Crippen LogP contribution in [0, 0.1) is 0 Å². The molecule has 4 aromatic carbocycles. The first kappa shape index (κ1) is 44.3. The van der Waals surface area contributed by atoms with E-state index in [0.29, 0.717) is 0 Å². The quantitative estimate of drug-likeness (QED) is 0.135. The van der Waals surface area contributed by atoms with E-state index in [-0.39, 0.29) is 67.8 Å². The number of ether oxygens (including phenoxy) is 2. The summed E-state index contributed by atoms with van der Waals surface area (Å²) in [5, 5.41) is 37.6. The summed E-state index contributed by atoms with van der Waals surface area (Å²) in [4.78, 5) is 73.3. The number of nitrogens with zero attached hydrogens (tertiary/aromatic N) is 2. The van der Waals surface area contributed by atoms with Gasteiger partial charge in [0.1, 0.15) is 25.3 Å². The molecule has 0 bridgehead atoms. The maximum atomic E-state index is 12.8. The minimum Gasteiger partial charge on any atom is -0.661 e. The number of carbonyl (C=O) groups is 6. The largest absolute Gasteiger partial charge is 2.00 e. The SMILES string of the molecule is [Cu+2].[NH-]C1(C(=O)O)CCC(C(=O)O)N(C(=O)OCC2c3ccccc3-c3ccccc32)C1.[NH-]C1(C(=O)O)CCC(C(=O)O)N(C(=O)OCC2c3ccccc3-c3ccccc32)C1. The van der Waals surface area contributed by atoms with Gasteiger partial charge >= 0.3 is 41.2 Å². The van der Waals surface area contributed by atoms with Crippen LogP contribution in [0.15, 0.2) is 97.1 Å². The van der Waals surface area contributed by atoms with E-state index in [9.17, 15) is 49.2 Å². The molecule has 0 spiro atoms. The Balaban J connectivity index is 0.000000201. The molecule has 17 heteroatoms. The number of rotatable bonds is 8. The molecule has 4 atom stereocenters. The number of carbonyl (C=O) groups excluding carboxylic acids is 2. The van der Waals surface area contributed by atoms with Crippen molar-refractivity contribution in [3.8, 4) is 22.3 Å². The fourth-order valence-electron chi connectivity index (χ4n) is 8.64. The Morgan fingerprint density at radius 2 is 0.803 bits per heavy atom. The maximum Gasteiger partial charge on any atom is 2.00 e. The molecule has 8 rings (SSSR count). The summed E-state index contributed by atoms with van der Waals surface area (Å²) < 4.78 is 11.0. The first-order chi connectivity index (χ1) is 28.6. The normalized spacial score (nSPS) is 22.5. The summed E-state index contributed by atoms with van der Waals surface area (Å²) in [5.74, 6) is -5.65. The maximum absolute atomic E-state index is 12.8. The van der Waals surface area contributed by atoms with Gasteiger partial charge in [0.15, 0.2) is 0 Å². The van der Waals surface area contributed by atoms with Crippen molar-refractivity contribution in [3.05, 3.63) is 131 Å². The van der Waals surface area contributed by atoms with Gasteiger partial charge in [-0.1, -0.05) is 110 Å². The second-order valence-electron chi connectivity index (χ2n) is 15.4. The number of fused-ring (bicyclic) bond motifs is 6. The smallest absolute Gasteiger partial charge is 0.661 e. The van der Waals surface area contributed by atoms with Gasteiger partial charge in [0.05, 0.1) is 0 Å². The number of aliphatic carboxylic acids is 4. The van der Waals surface area contributed by atoms with Gasteiger partial charge in [-0.05, 0) is 68.4 Å². The van der Waals surface area contributed by atoms with Gasteiger partial charge in [0.25, 0.3) is 11.9 Å². The number of hydrogen-bond acceptors (Lipinski definition) is 8. The van der Waals surface area contributed by atoms with E-state index in [4.69, 9.17) is 20.9 Å². The summed E-state index contributed by atoms with van der Waals surface area (Å²) in [6.45, 7) is -1.08. The van der Waals surface area contributed by atoms with Gasteiger partial charge < -0.3 is 41.4 Å². The van der Waals surface area contributed by atoms with Crippen LogP contribution >= 0.6 is 0 Å². The van der Waals surface area contributed by atoms with Crippen LogP contribution in [-0.2, 0) is 45.7 Å². The van der Waals surface area contributed by atoms with Crippen molar-refractivity contribution >= 4 is 36.1 Å². The molecule has 6 N–H and O–H groups in total. The number of amides is 2. The molecule has 4 aromatic rings. The monoisotopic (exact) mass is 881 g/mol. The summed E-state index contributed by atoms with van der Waals surface area (Å²) in [5.41, 5.74) is 20.6. The fraction of sp³-hybridized carbons (Fsp3) is 0.318. The molecular formula is C44H42CuN4O12. The first-order valence-electron chi connectivity index (χ1n) is 19.3. The zero-order valence-corrected chi connectivity index (χ0v) is 33.4. The third kappa shape index (κ3) is 8.55. The number of hydrogen-bond donors (Lipinski definition) is 4. The van der Waals surface area contributed by atoms with Gasteiger partial charge in [-0.3, -0.25) is 19.4 Å². The van der Waals surface area contributed by atoms with E-state index >= 15 is 0 Å². The Morgan fingerprint density at radius 1 is 0.525 bits per heavy atom. The van der Waals surface area contributed by atoms with Crippen molar-refractivity contribution < 1.29 is 75.7 Å². The van der Waals surface area contributed by atoms with Crippen molar-refractivity contribution in [2.45, 2.75) is 60.7 Å². The average molecular weight is 882 g/mol. The van der Waals surface area contributed by atoms with Crippen molar-refractivity contribution in [1.29, 1.82) is 0 Å². The topological polar surface area (TPSA) is 256 Å². The molecule has 2 aliphatic carbocycles. The first-order valence-corrected chi connectivity index (χ1v) is 19.3. The number of benzene rings is 4. The summed E-state index contributed by atoms with van der Waals surface area (Å²) in [7, 11) is 0. The van der Waals surface area contributed by atoms with Crippen molar-refractivity contribution in [2.75, 3.05) is 26.3 Å². The molecule has 2 amide bonds. The van der Waals surface area contributed by atoms with E-state index in [2.05, 4.69) is 0 Å². The van der Waals surface area contributed by atoms with Gasteiger partial charge in [-0.15, -0.1) is 0 Å². The van der Waals surface area contributed by atoms with E-state index < -0.39 is 72.3 Å². The molecule has 321 valence electrons. The predicted molar refractivity (Wildman–Crippen MR) is 214 cm³/mol. The van der Waals surface area contributed by atoms with Crippen molar-refractivity contribution in [3.63, 3.8) is 0 Å². The number of carboxylic acid groups (broad SMARTS) is 4. The van der Waals surface area contributed by atoms with E-state index in [0.717, 1.165) is 54.3 Å². The molecular weight excluding hydrogens is 840 g/mol. The molecule has 2 aliphatic heterocycles. The fourth-order valence-corrected chi connectivity index (χ4v) is 8.64. The zero-order valence-electron chi connectivity index (χ0n) is 32.5. The minimum absolute atomic E-state index is 0. The third-order valence-electron chi connectivity index (χ3n) is 11.9. The Kier molecular flexibility index (Phi) is 12.9.